The fourth-order valence-corrected chi connectivity index (χ4v) is 1.68. The van der Waals surface area contributed by atoms with E-state index >= 15 is 0 Å². The van der Waals surface area contributed by atoms with Crippen molar-refractivity contribution < 1.29 is 19.9 Å². The van der Waals surface area contributed by atoms with Gasteiger partial charge in [0.25, 0.3) is 0 Å². The van der Waals surface area contributed by atoms with Crippen molar-refractivity contribution in [3.05, 3.63) is 33.9 Å². The second-order valence-corrected chi connectivity index (χ2v) is 5.23. The topological polar surface area (TPSA) is 105 Å². The molecule has 0 aliphatic rings. The fraction of sp³-hybridized carbons (Fsp3) is 0.571. The first-order chi connectivity index (χ1) is 9.93. The van der Waals surface area contributed by atoms with Crippen molar-refractivity contribution >= 4 is 5.69 Å². The number of nitrogens with zero attached hydrogens (tertiary/aromatic N) is 1. The smallest absolute Gasteiger partial charge is 0.310 e. The Bertz CT molecular complexity index is 465. The molecule has 0 bridgehead atoms. The van der Waals surface area contributed by atoms with Crippen molar-refractivity contribution in [3.8, 4) is 5.75 Å². The number of ether oxygens (including phenoxy) is 1. The molecule has 0 radical (unpaired) electrons. The van der Waals surface area contributed by atoms with Crippen molar-refractivity contribution in [2.45, 2.75) is 26.5 Å². The number of aliphatic hydroxyl groups is 2. The lowest BCUT2D eigenvalue weighted by molar-refractivity contribution is -0.385. The minimum Gasteiger partial charge on any atom is -0.484 e. The summed E-state index contributed by atoms with van der Waals surface area (Å²) in [6.07, 6.45) is -1.06. The first-order valence-electron chi connectivity index (χ1n) is 6.83. The molecular formula is C14H22N2O5. The third-order valence-electron chi connectivity index (χ3n) is 2.74. The Hall–Kier alpha value is -1.70. The van der Waals surface area contributed by atoms with Crippen LogP contribution in [0, 0.1) is 16.0 Å². The van der Waals surface area contributed by atoms with Gasteiger partial charge in [-0.2, -0.15) is 0 Å². The Kier molecular flexibility index (Phi) is 7.07. The molecule has 1 unspecified atom stereocenters. The first kappa shape index (κ1) is 17.4. The predicted octanol–water partition coefficient (Wildman–Crippen LogP) is 1.07. The van der Waals surface area contributed by atoms with Gasteiger partial charge in [-0.05, 0) is 24.1 Å². The summed E-state index contributed by atoms with van der Waals surface area (Å²) < 4.78 is 5.24. The summed E-state index contributed by atoms with van der Waals surface area (Å²) >= 11 is 0. The van der Waals surface area contributed by atoms with E-state index in [1.807, 2.05) is 0 Å². The van der Waals surface area contributed by atoms with Gasteiger partial charge < -0.3 is 20.3 Å². The molecule has 1 atom stereocenters. The molecule has 0 aliphatic heterocycles. The Labute approximate surface area is 123 Å². The van der Waals surface area contributed by atoms with E-state index < -0.39 is 17.6 Å². The van der Waals surface area contributed by atoms with Crippen LogP contribution in [0.3, 0.4) is 0 Å². The van der Waals surface area contributed by atoms with Gasteiger partial charge in [0.05, 0.1) is 11.5 Å². The van der Waals surface area contributed by atoms with Crippen molar-refractivity contribution in [1.29, 1.82) is 0 Å². The highest BCUT2D eigenvalue weighted by atomic mass is 16.6. The van der Waals surface area contributed by atoms with Crippen LogP contribution in [0.15, 0.2) is 18.2 Å². The lowest BCUT2D eigenvalue weighted by Gasteiger charge is -2.12. The van der Waals surface area contributed by atoms with Crippen LogP contribution in [0.25, 0.3) is 0 Å². The van der Waals surface area contributed by atoms with Crippen LogP contribution in [0.2, 0.25) is 0 Å². The molecule has 1 rings (SSSR count). The Balaban J connectivity index is 2.77. The molecule has 0 saturated carbocycles. The number of hydrogen-bond acceptors (Lipinski definition) is 6. The first-order valence-corrected chi connectivity index (χ1v) is 6.83. The second kappa shape index (κ2) is 8.56. The van der Waals surface area contributed by atoms with E-state index in [0.717, 1.165) is 12.1 Å². The normalized spacial score (nSPS) is 12.4. The highest BCUT2D eigenvalue weighted by Gasteiger charge is 2.16. The van der Waals surface area contributed by atoms with E-state index in [1.54, 1.807) is 12.1 Å². The van der Waals surface area contributed by atoms with Crippen LogP contribution in [0.5, 0.6) is 5.75 Å². The SMILES string of the molecule is CC(C)CNCc1ccc([N+](=O)[O-])c(OCC(O)CO)c1. The molecule has 0 aliphatic carbocycles. The number of benzene rings is 1. The highest BCUT2D eigenvalue weighted by molar-refractivity contribution is 5.48. The van der Waals surface area contributed by atoms with E-state index in [4.69, 9.17) is 9.84 Å². The van der Waals surface area contributed by atoms with E-state index in [0.29, 0.717) is 12.5 Å². The highest BCUT2D eigenvalue weighted by Crippen LogP contribution is 2.28. The zero-order valence-electron chi connectivity index (χ0n) is 12.3. The van der Waals surface area contributed by atoms with Gasteiger partial charge >= 0.3 is 5.69 Å². The summed E-state index contributed by atoms with van der Waals surface area (Å²) in [6, 6.07) is 4.63. The van der Waals surface area contributed by atoms with Crippen LogP contribution in [-0.2, 0) is 6.54 Å². The molecule has 0 spiro atoms. The molecule has 0 amide bonds. The van der Waals surface area contributed by atoms with Crippen LogP contribution in [0.1, 0.15) is 19.4 Å². The molecule has 3 N–H and O–H groups in total. The molecular weight excluding hydrogens is 276 g/mol. The lowest BCUT2D eigenvalue weighted by Crippen LogP contribution is -2.22. The fourth-order valence-electron chi connectivity index (χ4n) is 1.68. The van der Waals surface area contributed by atoms with Crippen LogP contribution in [-0.4, -0.2) is 41.0 Å². The minimum atomic E-state index is -1.06. The second-order valence-electron chi connectivity index (χ2n) is 5.23. The average Bonchev–Trinajstić information content (AvgIpc) is 2.44. The zero-order valence-corrected chi connectivity index (χ0v) is 12.3. The van der Waals surface area contributed by atoms with Gasteiger partial charge in [-0.15, -0.1) is 0 Å². The Morgan fingerprint density at radius 2 is 2.14 bits per heavy atom. The van der Waals surface area contributed by atoms with E-state index in [1.165, 1.54) is 6.07 Å². The van der Waals surface area contributed by atoms with Gasteiger partial charge in [-0.3, -0.25) is 10.1 Å². The molecule has 0 fully saturated rings. The lowest BCUT2D eigenvalue weighted by atomic mass is 10.1. The summed E-state index contributed by atoms with van der Waals surface area (Å²) in [7, 11) is 0. The van der Waals surface area contributed by atoms with Gasteiger partial charge in [-0.1, -0.05) is 19.9 Å². The summed E-state index contributed by atoms with van der Waals surface area (Å²) in [5, 5.41) is 32.2. The summed E-state index contributed by atoms with van der Waals surface area (Å²) in [6.45, 7) is 4.95. The maximum Gasteiger partial charge on any atom is 0.310 e. The Morgan fingerprint density at radius 1 is 1.43 bits per heavy atom. The maximum absolute atomic E-state index is 10.9. The number of nitrogens with one attached hydrogen (secondary N) is 1. The third-order valence-corrected chi connectivity index (χ3v) is 2.74. The largest absolute Gasteiger partial charge is 0.484 e. The molecule has 1 aromatic carbocycles. The van der Waals surface area contributed by atoms with Gasteiger partial charge in [-0.25, -0.2) is 0 Å². The molecule has 21 heavy (non-hydrogen) atoms. The molecule has 118 valence electrons. The van der Waals surface area contributed by atoms with E-state index in [9.17, 15) is 15.2 Å². The molecule has 7 heteroatoms. The quantitative estimate of drug-likeness (QED) is 0.465. The van der Waals surface area contributed by atoms with Gasteiger partial charge in [0.15, 0.2) is 5.75 Å². The van der Waals surface area contributed by atoms with Gasteiger partial charge in [0.1, 0.15) is 12.7 Å². The van der Waals surface area contributed by atoms with Crippen molar-refractivity contribution in [2.24, 2.45) is 5.92 Å². The number of aliphatic hydroxyl groups excluding tert-OH is 2. The van der Waals surface area contributed by atoms with Crippen LogP contribution >= 0.6 is 0 Å². The standard InChI is InChI=1S/C14H22N2O5/c1-10(2)6-15-7-11-3-4-13(16(19)20)14(5-11)21-9-12(18)8-17/h3-5,10,12,15,17-18H,6-9H2,1-2H3. The molecule has 7 nitrogen and oxygen atoms in total. The van der Waals surface area contributed by atoms with E-state index in [2.05, 4.69) is 19.2 Å². The monoisotopic (exact) mass is 298 g/mol. The number of hydrogen-bond donors (Lipinski definition) is 3. The minimum absolute atomic E-state index is 0.0938. The molecule has 0 aromatic heterocycles. The van der Waals surface area contributed by atoms with Gasteiger partial charge in [0, 0.05) is 12.6 Å². The summed E-state index contributed by atoms with van der Waals surface area (Å²) in [5.41, 5.74) is 0.697. The Morgan fingerprint density at radius 3 is 2.71 bits per heavy atom. The summed E-state index contributed by atoms with van der Waals surface area (Å²) in [4.78, 5) is 10.4. The maximum atomic E-state index is 10.9. The van der Waals surface area contributed by atoms with Crippen LogP contribution < -0.4 is 10.1 Å². The predicted molar refractivity (Wildman–Crippen MR) is 78.2 cm³/mol. The van der Waals surface area contributed by atoms with Crippen molar-refractivity contribution in [2.75, 3.05) is 19.8 Å². The van der Waals surface area contributed by atoms with Crippen molar-refractivity contribution in [3.63, 3.8) is 0 Å². The summed E-state index contributed by atoms with van der Waals surface area (Å²) in [5.74, 6) is 0.606. The van der Waals surface area contributed by atoms with Crippen LogP contribution in [0.4, 0.5) is 5.69 Å². The number of rotatable bonds is 9. The van der Waals surface area contributed by atoms with Crippen molar-refractivity contribution in [1.82, 2.24) is 5.32 Å². The average molecular weight is 298 g/mol. The molecule has 1 aromatic rings. The number of nitro benzene ring substituents is 1. The zero-order chi connectivity index (χ0) is 15.8. The van der Waals surface area contributed by atoms with Gasteiger partial charge in [0.2, 0.25) is 0 Å². The van der Waals surface area contributed by atoms with E-state index in [-0.39, 0.29) is 18.0 Å². The molecule has 0 saturated heterocycles. The molecule has 0 heterocycles. The third kappa shape index (κ3) is 6.07. The number of nitro groups is 1.